The summed E-state index contributed by atoms with van der Waals surface area (Å²) < 4.78 is 5.26. The Morgan fingerprint density at radius 2 is 2.18 bits per heavy atom. The zero-order chi connectivity index (χ0) is 12.5. The molecule has 0 spiro atoms. The molecule has 0 aliphatic carbocycles. The van der Waals surface area contributed by atoms with E-state index in [9.17, 15) is 0 Å². The lowest BCUT2D eigenvalue weighted by atomic mass is 9.99. The number of nitrogens with one attached hydrogen (secondary N) is 1. The molecule has 0 aromatic carbocycles. The van der Waals surface area contributed by atoms with Crippen LogP contribution in [0.1, 0.15) is 33.1 Å². The van der Waals surface area contributed by atoms with Gasteiger partial charge < -0.3 is 15.0 Å². The number of nitrogens with zero attached hydrogens (tertiary/aromatic N) is 1. The first-order valence-corrected chi connectivity index (χ1v) is 7.14. The summed E-state index contributed by atoms with van der Waals surface area (Å²) in [6.07, 6.45) is 3.96. The molecule has 1 aliphatic rings. The number of ether oxygens (including phenoxy) is 1. The summed E-state index contributed by atoms with van der Waals surface area (Å²) in [7, 11) is 1.81. The van der Waals surface area contributed by atoms with Gasteiger partial charge in [-0.25, -0.2) is 0 Å². The normalized spacial score (nSPS) is 22.2. The van der Waals surface area contributed by atoms with Crippen LogP contribution in [0.4, 0.5) is 0 Å². The van der Waals surface area contributed by atoms with E-state index in [0.717, 1.165) is 31.5 Å². The second-order valence-corrected chi connectivity index (χ2v) is 5.70. The third kappa shape index (κ3) is 7.02. The highest BCUT2D eigenvalue weighted by Crippen LogP contribution is 2.15. The van der Waals surface area contributed by atoms with Gasteiger partial charge in [0, 0.05) is 26.7 Å². The largest absolute Gasteiger partial charge is 0.384 e. The molecule has 17 heavy (non-hydrogen) atoms. The van der Waals surface area contributed by atoms with Crippen molar-refractivity contribution in [2.75, 3.05) is 46.4 Å². The first-order chi connectivity index (χ1) is 8.22. The molecule has 102 valence electrons. The summed E-state index contributed by atoms with van der Waals surface area (Å²) in [6.45, 7) is 11.5. The van der Waals surface area contributed by atoms with Crippen LogP contribution < -0.4 is 5.32 Å². The maximum absolute atomic E-state index is 5.26. The van der Waals surface area contributed by atoms with E-state index < -0.39 is 0 Å². The third-order valence-corrected chi connectivity index (χ3v) is 3.51. The van der Waals surface area contributed by atoms with Crippen molar-refractivity contribution in [3.05, 3.63) is 0 Å². The molecule has 0 radical (unpaired) electrons. The molecule has 0 amide bonds. The van der Waals surface area contributed by atoms with Crippen LogP contribution in [0.5, 0.6) is 0 Å². The summed E-state index contributed by atoms with van der Waals surface area (Å²) in [4.78, 5) is 2.58. The highest BCUT2D eigenvalue weighted by molar-refractivity contribution is 4.73. The van der Waals surface area contributed by atoms with Crippen LogP contribution in [-0.4, -0.2) is 51.3 Å². The fraction of sp³-hybridized carbons (Fsp3) is 1.00. The Morgan fingerprint density at radius 1 is 1.35 bits per heavy atom. The van der Waals surface area contributed by atoms with Crippen LogP contribution in [0.2, 0.25) is 0 Å². The van der Waals surface area contributed by atoms with Crippen LogP contribution in [0, 0.1) is 11.8 Å². The van der Waals surface area contributed by atoms with E-state index in [1.807, 2.05) is 7.11 Å². The Balaban J connectivity index is 2.02. The molecule has 1 unspecified atom stereocenters. The van der Waals surface area contributed by atoms with Gasteiger partial charge in [0.25, 0.3) is 0 Å². The SMILES string of the molecule is COCC1CCCN(CCNCCC(C)C)C1. The summed E-state index contributed by atoms with van der Waals surface area (Å²) in [5.74, 6) is 1.56. The average Bonchev–Trinajstić information content (AvgIpc) is 2.29. The first-order valence-electron chi connectivity index (χ1n) is 7.14. The van der Waals surface area contributed by atoms with E-state index in [1.54, 1.807) is 0 Å². The zero-order valence-electron chi connectivity index (χ0n) is 11.9. The van der Waals surface area contributed by atoms with Crippen molar-refractivity contribution in [1.29, 1.82) is 0 Å². The third-order valence-electron chi connectivity index (χ3n) is 3.51. The van der Waals surface area contributed by atoms with Gasteiger partial charge in [-0.15, -0.1) is 0 Å². The average molecular weight is 242 g/mol. The van der Waals surface area contributed by atoms with Gasteiger partial charge in [-0.05, 0) is 44.2 Å². The standard InChI is InChI=1S/C14H30N2O/c1-13(2)6-7-15-8-10-16-9-4-5-14(11-16)12-17-3/h13-15H,4-12H2,1-3H3. The van der Waals surface area contributed by atoms with E-state index in [0.29, 0.717) is 0 Å². The molecular weight excluding hydrogens is 212 g/mol. The predicted molar refractivity (Wildman–Crippen MR) is 73.4 cm³/mol. The van der Waals surface area contributed by atoms with Gasteiger partial charge in [-0.1, -0.05) is 13.8 Å². The topological polar surface area (TPSA) is 24.5 Å². The van der Waals surface area contributed by atoms with Gasteiger partial charge in [0.15, 0.2) is 0 Å². The summed E-state index contributed by atoms with van der Waals surface area (Å²) >= 11 is 0. The maximum atomic E-state index is 5.26. The van der Waals surface area contributed by atoms with Crippen LogP contribution in [0.15, 0.2) is 0 Å². The summed E-state index contributed by atoms with van der Waals surface area (Å²) in [5.41, 5.74) is 0. The minimum absolute atomic E-state index is 0.754. The number of hydrogen-bond donors (Lipinski definition) is 1. The van der Waals surface area contributed by atoms with Crippen molar-refractivity contribution >= 4 is 0 Å². The number of hydrogen-bond acceptors (Lipinski definition) is 3. The lowest BCUT2D eigenvalue weighted by molar-refractivity contribution is 0.0911. The highest BCUT2D eigenvalue weighted by atomic mass is 16.5. The van der Waals surface area contributed by atoms with Gasteiger partial charge in [-0.3, -0.25) is 0 Å². The first kappa shape index (κ1) is 14.9. The minimum atomic E-state index is 0.754. The van der Waals surface area contributed by atoms with Crippen molar-refractivity contribution in [2.24, 2.45) is 11.8 Å². The molecule has 0 saturated carbocycles. The lowest BCUT2D eigenvalue weighted by Crippen LogP contribution is -2.40. The van der Waals surface area contributed by atoms with Crippen molar-refractivity contribution < 1.29 is 4.74 Å². The minimum Gasteiger partial charge on any atom is -0.384 e. The lowest BCUT2D eigenvalue weighted by Gasteiger charge is -2.32. The summed E-state index contributed by atoms with van der Waals surface area (Å²) in [5, 5.41) is 3.54. The van der Waals surface area contributed by atoms with E-state index >= 15 is 0 Å². The van der Waals surface area contributed by atoms with E-state index in [-0.39, 0.29) is 0 Å². The van der Waals surface area contributed by atoms with E-state index in [2.05, 4.69) is 24.1 Å². The molecule has 1 fully saturated rings. The van der Waals surface area contributed by atoms with E-state index in [1.165, 1.54) is 38.9 Å². The molecule has 0 aromatic heterocycles. The fourth-order valence-electron chi connectivity index (χ4n) is 2.48. The quantitative estimate of drug-likeness (QED) is 0.659. The van der Waals surface area contributed by atoms with Gasteiger partial charge in [0.2, 0.25) is 0 Å². The molecule has 0 aromatic rings. The monoisotopic (exact) mass is 242 g/mol. The number of piperidine rings is 1. The molecule has 1 heterocycles. The molecule has 1 atom stereocenters. The van der Waals surface area contributed by atoms with Gasteiger partial charge >= 0.3 is 0 Å². The second kappa shape index (κ2) is 8.90. The molecule has 1 N–H and O–H groups in total. The van der Waals surface area contributed by atoms with Gasteiger partial charge in [-0.2, -0.15) is 0 Å². The van der Waals surface area contributed by atoms with Crippen molar-refractivity contribution in [1.82, 2.24) is 10.2 Å². The second-order valence-electron chi connectivity index (χ2n) is 5.70. The van der Waals surface area contributed by atoms with Crippen LogP contribution in [0.3, 0.4) is 0 Å². The maximum Gasteiger partial charge on any atom is 0.0502 e. The Kier molecular flexibility index (Phi) is 7.82. The highest BCUT2D eigenvalue weighted by Gasteiger charge is 2.18. The van der Waals surface area contributed by atoms with Crippen molar-refractivity contribution in [3.8, 4) is 0 Å². The Hall–Kier alpha value is -0.120. The van der Waals surface area contributed by atoms with Crippen LogP contribution >= 0.6 is 0 Å². The van der Waals surface area contributed by atoms with Crippen LogP contribution in [0.25, 0.3) is 0 Å². The zero-order valence-corrected chi connectivity index (χ0v) is 11.9. The summed E-state index contributed by atoms with van der Waals surface area (Å²) in [6, 6.07) is 0. The number of likely N-dealkylation sites (tertiary alicyclic amines) is 1. The molecule has 3 heteroatoms. The van der Waals surface area contributed by atoms with Crippen molar-refractivity contribution in [3.63, 3.8) is 0 Å². The van der Waals surface area contributed by atoms with E-state index in [4.69, 9.17) is 4.74 Å². The van der Waals surface area contributed by atoms with Gasteiger partial charge in [0.05, 0.1) is 6.61 Å². The van der Waals surface area contributed by atoms with Crippen molar-refractivity contribution in [2.45, 2.75) is 33.1 Å². The molecule has 1 saturated heterocycles. The Bertz CT molecular complexity index is 183. The Labute approximate surface area is 107 Å². The molecule has 0 bridgehead atoms. The molecule has 1 rings (SSSR count). The number of methoxy groups -OCH3 is 1. The Morgan fingerprint density at radius 3 is 2.88 bits per heavy atom. The number of rotatable bonds is 8. The molecule has 3 nitrogen and oxygen atoms in total. The molecular formula is C14H30N2O. The smallest absolute Gasteiger partial charge is 0.0502 e. The van der Waals surface area contributed by atoms with Crippen LogP contribution in [-0.2, 0) is 4.74 Å². The fourth-order valence-corrected chi connectivity index (χ4v) is 2.48. The predicted octanol–water partition coefficient (Wildman–Crippen LogP) is 1.98. The molecule has 1 aliphatic heterocycles. The van der Waals surface area contributed by atoms with Gasteiger partial charge in [0.1, 0.15) is 0 Å².